The first kappa shape index (κ1) is 42.1. The number of hydrogen-bond donors (Lipinski definition) is 3. The zero-order valence-corrected chi connectivity index (χ0v) is 34.2. The first-order valence-corrected chi connectivity index (χ1v) is 21.6. The normalized spacial score (nSPS) is 26.8. The van der Waals surface area contributed by atoms with Crippen molar-refractivity contribution < 1.29 is 48.0 Å². The van der Waals surface area contributed by atoms with E-state index in [0.29, 0.717) is 84.4 Å². The summed E-state index contributed by atoms with van der Waals surface area (Å²) in [6, 6.07) is 3.41. The average Bonchev–Trinajstić information content (AvgIpc) is 4.06. The lowest BCUT2D eigenvalue weighted by molar-refractivity contribution is -0.139. The van der Waals surface area contributed by atoms with Gasteiger partial charge >= 0.3 is 12.1 Å². The summed E-state index contributed by atoms with van der Waals surface area (Å²) in [6.45, 7) is 6.53. The molecule has 58 heavy (non-hydrogen) atoms. The lowest BCUT2D eigenvalue weighted by Crippen LogP contribution is -2.53. The fourth-order valence-corrected chi connectivity index (χ4v) is 9.26. The number of aromatic nitrogens is 1. The van der Waals surface area contributed by atoms with Crippen LogP contribution in [0.25, 0.3) is 10.9 Å². The summed E-state index contributed by atoms with van der Waals surface area (Å²) in [5.74, 6) is 0.782. The number of pyridine rings is 1. The number of unbranched alkanes of at least 4 members (excludes halogenated alkanes) is 4. The van der Waals surface area contributed by atoms with Crippen LogP contribution in [-0.4, -0.2) is 121 Å². The summed E-state index contributed by atoms with van der Waals surface area (Å²) in [4.78, 5) is 59.9. The number of ether oxygens (including phenoxy) is 5. The Morgan fingerprint density at radius 1 is 0.983 bits per heavy atom. The number of carboxylic acid groups (broad SMARTS) is 1. The Balaban J connectivity index is 1.00. The van der Waals surface area contributed by atoms with Gasteiger partial charge in [-0.1, -0.05) is 43.7 Å². The van der Waals surface area contributed by atoms with Gasteiger partial charge in [0.1, 0.15) is 52.9 Å². The van der Waals surface area contributed by atoms with Crippen molar-refractivity contribution in [3.8, 4) is 17.4 Å². The monoisotopic (exact) mass is 827 g/mol. The largest absolute Gasteiger partial charge is 0.491 e. The number of halogens is 1. The van der Waals surface area contributed by atoms with Crippen molar-refractivity contribution in [2.24, 2.45) is 29.4 Å². The predicted molar refractivity (Wildman–Crippen MR) is 214 cm³/mol. The third-order valence-electron chi connectivity index (χ3n) is 12.4. The van der Waals surface area contributed by atoms with Gasteiger partial charge in [0, 0.05) is 37.5 Å². The predicted octanol–water partition coefficient (Wildman–Crippen LogP) is 5.18. The van der Waals surface area contributed by atoms with E-state index in [-0.39, 0.29) is 30.9 Å². The van der Waals surface area contributed by atoms with Gasteiger partial charge in [-0.25, -0.2) is 9.78 Å². The van der Waals surface area contributed by atoms with Crippen LogP contribution in [0.4, 0.5) is 4.79 Å². The van der Waals surface area contributed by atoms with Crippen LogP contribution in [0.3, 0.4) is 0 Å². The number of nitrogens with two attached hydrogens (primary N) is 1. The molecule has 7 rings (SSSR count). The van der Waals surface area contributed by atoms with Crippen molar-refractivity contribution in [2.45, 2.75) is 108 Å². The van der Waals surface area contributed by atoms with Gasteiger partial charge < -0.3 is 44.7 Å². The highest BCUT2D eigenvalue weighted by molar-refractivity contribution is 6.36. The number of nitrogens with one attached hydrogen (secondary N) is 1. The molecule has 2 saturated heterocycles. The van der Waals surface area contributed by atoms with Gasteiger partial charge in [0.2, 0.25) is 17.7 Å². The average molecular weight is 828 g/mol. The van der Waals surface area contributed by atoms with E-state index < -0.39 is 42.1 Å². The minimum atomic E-state index is -0.952. The van der Waals surface area contributed by atoms with Crippen LogP contribution in [0, 0.1) is 23.7 Å². The molecule has 1 aromatic heterocycles. The van der Waals surface area contributed by atoms with Gasteiger partial charge in [-0.05, 0) is 75.3 Å². The Hall–Kier alpha value is -4.08. The van der Waals surface area contributed by atoms with Crippen LogP contribution in [-0.2, 0) is 23.9 Å². The lowest BCUT2D eigenvalue weighted by atomic mass is 10.0. The molecule has 3 aliphatic carbocycles. The molecule has 1 aromatic carbocycles. The van der Waals surface area contributed by atoms with Crippen molar-refractivity contribution in [1.29, 1.82) is 0 Å². The first-order chi connectivity index (χ1) is 28.1. The molecule has 5 fully saturated rings. The van der Waals surface area contributed by atoms with E-state index in [1.165, 1.54) is 11.3 Å². The van der Waals surface area contributed by atoms with Crippen LogP contribution in [0.5, 0.6) is 17.4 Å². The maximum atomic E-state index is 14.3. The number of amides is 3. The topological polar surface area (TPSA) is 192 Å². The molecule has 2 aromatic rings. The van der Waals surface area contributed by atoms with Crippen LogP contribution >= 0.6 is 11.6 Å². The smallest absolute Gasteiger partial charge is 0.408 e. The number of hydrogen-bond acceptors (Lipinski definition) is 11. The van der Waals surface area contributed by atoms with Crippen molar-refractivity contribution in [3.63, 3.8) is 0 Å². The molecule has 2 aliphatic heterocycles. The molecule has 3 saturated carbocycles. The number of rotatable bonds is 21. The molecule has 4 N–H and O–H groups in total. The number of aliphatic carboxylic acids is 1. The number of fused-ring (bicyclic) bond motifs is 2. The Morgan fingerprint density at radius 2 is 1.74 bits per heavy atom. The summed E-state index contributed by atoms with van der Waals surface area (Å²) in [7, 11) is 0. The van der Waals surface area contributed by atoms with E-state index in [1.807, 2.05) is 13.0 Å². The van der Waals surface area contributed by atoms with E-state index in [2.05, 4.69) is 15.2 Å². The number of primary amides is 1. The molecule has 16 heteroatoms. The second-order valence-electron chi connectivity index (χ2n) is 16.6. The number of nitrogens with zero attached hydrogens (tertiary/aromatic N) is 3. The highest BCUT2D eigenvalue weighted by Gasteiger charge is 2.48. The summed E-state index contributed by atoms with van der Waals surface area (Å²) in [5, 5.41) is 12.9. The number of alkyl carbamates (subject to hydrolysis) is 1. The molecule has 318 valence electrons. The van der Waals surface area contributed by atoms with Crippen LogP contribution in [0.2, 0.25) is 5.02 Å². The van der Waals surface area contributed by atoms with Crippen LogP contribution < -0.4 is 25.3 Å². The Labute approximate surface area is 344 Å². The van der Waals surface area contributed by atoms with Crippen molar-refractivity contribution in [1.82, 2.24) is 20.1 Å². The standard InChI is InChI=1S/C42H58ClN5O10/c1-2-55-36-23-35(30-10-11-34(37(43)38(30)46-36)56-17-14-47-12-15-54-16-13-47)57-29-22-33(39(44)49)48(24-29)40(50)32(45-42(53)58-28-19-26-18-27(26)20-28)9-7-5-3-4-6-8-25-21-31(25)41(51)52/h10-11,23,25-29,31-33H,2-9,12-22,24H2,1H3,(H2,44,49)(H,45,53)(H,51,52)/t25-,26-,27+,28?,29?,31+,32?,33+/m1/s1. The molecule has 3 heterocycles. The van der Waals surface area contributed by atoms with Gasteiger partial charge in [-0.3, -0.25) is 19.3 Å². The van der Waals surface area contributed by atoms with E-state index >= 15 is 0 Å². The highest BCUT2D eigenvalue weighted by atomic mass is 35.5. The fourth-order valence-electron chi connectivity index (χ4n) is 9.00. The minimum absolute atomic E-state index is 0.0639. The zero-order valence-electron chi connectivity index (χ0n) is 33.4. The van der Waals surface area contributed by atoms with Gasteiger partial charge in [0.25, 0.3) is 0 Å². The van der Waals surface area contributed by atoms with Crippen LogP contribution in [0.1, 0.15) is 84.0 Å². The number of benzene rings is 1. The first-order valence-electron chi connectivity index (χ1n) is 21.2. The second-order valence-corrected chi connectivity index (χ2v) is 17.0. The quantitative estimate of drug-likeness (QED) is 0.140. The molecule has 0 spiro atoms. The molecule has 15 nitrogen and oxygen atoms in total. The molecule has 3 unspecified atom stereocenters. The van der Waals surface area contributed by atoms with E-state index in [9.17, 15) is 19.2 Å². The Morgan fingerprint density at radius 3 is 2.47 bits per heavy atom. The van der Waals surface area contributed by atoms with Crippen molar-refractivity contribution in [3.05, 3.63) is 23.2 Å². The maximum absolute atomic E-state index is 14.3. The van der Waals surface area contributed by atoms with Gasteiger partial charge in [-0.15, -0.1) is 0 Å². The summed E-state index contributed by atoms with van der Waals surface area (Å²) >= 11 is 6.89. The molecule has 5 aliphatic rings. The van der Waals surface area contributed by atoms with Gasteiger partial charge in [0.05, 0.1) is 32.3 Å². The molecular formula is C42H58ClN5O10. The lowest BCUT2D eigenvalue weighted by Gasteiger charge is -2.28. The summed E-state index contributed by atoms with van der Waals surface area (Å²) in [6.07, 6.45) is 8.07. The number of carboxylic acids is 1. The van der Waals surface area contributed by atoms with E-state index in [1.54, 1.807) is 12.1 Å². The van der Waals surface area contributed by atoms with Gasteiger partial charge in [0.15, 0.2) is 0 Å². The highest BCUT2D eigenvalue weighted by Crippen LogP contribution is 2.52. The molecule has 3 amide bonds. The minimum Gasteiger partial charge on any atom is -0.491 e. The summed E-state index contributed by atoms with van der Waals surface area (Å²) < 4.78 is 29.6. The van der Waals surface area contributed by atoms with Gasteiger partial charge in [-0.2, -0.15) is 0 Å². The molecular weight excluding hydrogens is 770 g/mol. The van der Waals surface area contributed by atoms with E-state index in [4.69, 9.17) is 46.1 Å². The van der Waals surface area contributed by atoms with E-state index in [0.717, 1.165) is 71.0 Å². The molecule has 0 radical (unpaired) electrons. The fraction of sp³-hybridized carbons (Fsp3) is 0.690. The zero-order chi connectivity index (χ0) is 40.8. The SMILES string of the molecule is CCOc1cc(OC2C[C@@H](C(N)=O)N(C(=O)C(CCCCCCC[C@@H]3C[C@@H]3C(=O)O)NC(=O)OC3C[C@@H]4C[C@@H]4C3)C2)c2ccc(OCCN3CCOCC3)c(Cl)c2n1. The summed E-state index contributed by atoms with van der Waals surface area (Å²) in [5.41, 5.74) is 6.34. The molecule has 8 atom stereocenters. The maximum Gasteiger partial charge on any atom is 0.408 e. The number of likely N-dealkylation sites (tertiary alicyclic amines) is 1. The number of carbonyl (C=O) groups excluding carboxylic acids is 3. The van der Waals surface area contributed by atoms with Crippen molar-refractivity contribution in [2.75, 3.05) is 52.6 Å². The number of carbonyl (C=O) groups is 4. The Kier molecular flexibility index (Phi) is 14.0. The van der Waals surface area contributed by atoms with Crippen LogP contribution in [0.15, 0.2) is 18.2 Å². The molecule has 0 bridgehead atoms. The number of morpholine rings is 1. The van der Waals surface area contributed by atoms with Crippen molar-refractivity contribution >= 4 is 46.4 Å². The Bertz CT molecular complexity index is 1780. The third-order valence-corrected chi connectivity index (χ3v) is 12.8. The third kappa shape index (κ3) is 10.7. The second kappa shape index (κ2) is 19.3.